The summed E-state index contributed by atoms with van der Waals surface area (Å²) in [4.78, 5) is 0. The summed E-state index contributed by atoms with van der Waals surface area (Å²) in [6.45, 7) is 10.8. The summed E-state index contributed by atoms with van der Waals surface area (Å²) < 4.78 is 25.1. The molecule has 162 valence electrons. The number of ether oxygens (including phenoxy) is 3. The monoisotopic (exact) mass is 412 g/mol. The molecule has 1 saturated carbocycles. The molecule has 6 heteroatoms. The summed E-state index contributed by atoms with van der Waals surface area (Å²) in [6.07, 6.45) is 9.34. The molecule has 2 heterocycles. The maximum Gasteiger partial charge on any atom is 0.186 e. The van der Waals surface area contributed by atoms with Crippen LogP contribution in [0.3, 0.4) is 0 Å². The third kappa shape index (κ3) is 6.13. The second kappa shape index (κ2) is 10.2. The Morgan fingerprint density at radius 1 is 1.25 bits per heavy atom. The molecule has 2 aliphatic heterocycles. The Hall–Kier alpha value is -0.243. The molecule has 28 heavy (non-hydrogen) atoms. The molecular formula is C22H40O5Si. The first-order valence-electron chi connectivity index (χ1n) is 11.2. The predicted molar refractivity (Wildman–Crippen MR) is 113 cm³/mol. The number of aliphatic hydroxyl groups excluding tert-OH is 1. The normalized spacial score (nSPS) is 36.5. The van der Waals surface area contributed by atoms with Gasteiger partial charge in [0.15, 0.2) is 14.6 Å². The van der Waals surface area contributed by atoms with Crippen molar-refractivity contribution < 1.29 is 23.7 Å². The van der Waals surface area contributed by atoms with Gasteiger partial charge in [-0.3, -0.25) is 0 Å². The SMILES string of the molecule is CC(C)C[Si](C)(C)OC[C@@H]1[C@H]2C=CC[C@H](CO)O[C@H]2C[C@H]1OC1CCCCO1. The highest BCUT2D eigenvalue weighted by Gasteiger charge is 2.46. The Kier molecular flexibility index (Phi) is 8.16. The van der Waals surface area contributed by atoms with Crippen molar-refractivity contribution in [2.45, 2.75) is 89.7 Å². The Morgan fingerprint density at radius 3 is 2.75 bits per heavy atom. The average Bonchev–Trinajstić information content (AvgIpc) is 2.81. The van der Waals surface area contributed by atoms with Crippen molar-refractivity contribution in [1.82, 2.24) is 0 Å². The molecule has 3 rings (SSSR count). The van der Waals surface area contributed by atoms with E-state index in [0.717, 1.165) is 38.9 Å². The van der Waals surface area contributed by atoms with E-state index >= 15 is 0 Å². The van der Waals surface area contributed by atoms with Crippen LogP contribution in [0.2, 0.25) is 19.1 Å². The van der Waals surface area contributed by atoms with Crippen LogP contribution in [0.1, 0.15) is 46.0 Å². The second-order valence-corrected chi connectivity index (χ2v) is 14.0. The summed E-state index contributed by atoms with van der Waals surface area (Å²) in [5.74, 6) is 1.23. The van der Waals surface area contributed by atoms with E-state index in [0.29, 0.717) is 5.92 Å². The van der Waals surface area contributed by atoms with Gasteiger partial charge in [-0.25, -0.2) is 0 Å². The molecule has 0 spiro atoms. The summed E-state index contributed by atoms with van der Waals surface area (Å²) in [5, 5.41) is 9.59. The quantitative estimate of drug-likeness (QED) is 0.480. The molecule has 0 radical (unpaired) electrons. The van der Waals surface area contributed by atoms with Crippen LogP contribution >= 0.6 is 0 Å². The zero-order valence-electron chi connectivity index (χ0n) is 18.1. The van der Waals surface area contributed by atoms with Crippen molar-refractivity contribution in [2.24, 2.45) is 17.8 Å². The Labute approximate surface area is 171 Å². The lowest BCUT2D eigenvalue weighted by Gasteiger charge is -2.32. The third-order valence-electron chi connectivity index (χ3n) is 6.22. The van der Waals surface area contributed by atoms with Crippen LogP contribution in [-0.2, 0) is 18.6 Å². The lowest BCUT2D eigenvalue weighted by molar-refractivity contribution is -0.197. The second-order valence-electron chi connectivity index (χ2n) is 9.76. The highest BCUT2D eigenvalue weighted by Crippen LogP contribution is 2.41. The van der Waals surface area contributed by atoms with Gasteiger partial charge in [0.25, 0.3) is 0 Å². The van der Waals surface area contributed by atoms with E-state index in [2.05, 4.69) is 39.1 Å². The average molecular weight is 413 g/mol. The summed E-state index contributed by atoms with van der Waals surface area (Å²) in [7, 11) is -1.70. The molecule has 1 unspecified atom stereocenters. The van der Waals surface area contributed by atoms with Gasteiger partial charge < -0.3 is 23.7 Å². The van der Waals surface area contributed by atoms with Gasteiger partial charge in [-0.15, -0.1) is 0 Å². The first-order valence-corrected chi connectivity index (χ1v) is 14.3. The van der Waals surface area contributed by atoms with Crippen LogP contribution in [0, 0.1) is 17.8 Å². The maximum atomic E-state index is 9.59. The van der Waals surface area contributed by atoms with Crippen LogP contribution in [0.4, 0.5) is 0 Å². The van der Waals surface area contributed by atoms with Gasteiger partial charge in [0.1, 0.15) is 0 Å². The fourth-order valence-electron chi connectivity index (χ4n) is 5.06. The lowest BCUT2D eigenvalue weighted by atomic mass is 9.94. The van der Waals surface area contributed by atoms with Crippen molar-refractivity contribution in [3.63, 3.8) is 0 Å². The van der Waals surface area contributed by atoms with Gasteiger partial charge in [0.05, 0.1) is 24.9 Å². The van der Waals surface area contributed by atoms with E-state index in [4.69, 9.17) is 18.6 Å². The number of hydrogen-bond donors (Lipinski definition) is 1. The highest BCUT2D eigenvalue weighted by atomic mass is 28.4. The van der Waals surface area contributed by atoms with Gasteiger partial charge in [-0.05, 0) is 50.7 Å². The van der Waals surface area contributed by atoms with Crippen LogP contribution in [0.5, 0.6) is 0 Å². The van der Waals surface area contributed by atoms with Crippen LogP contribution < -0.4 is 0 Å². The Morgan fingerprint density at radius 2 is 2.07 bits per heavy atom. The standard InChI is InChI=1S/C22H40O5Si/c1-16(2)15-28(3,4)25-14-19-18-9-7-8-17(13-23)26-20(18)12-21(19)27-22-10-5-6-11-24-22/h7,9,16-23H,5-6,8,10-15H2,1-4H3/t17-,18-,19-,20+,21-,22?/m1/s1. The first-order chi connectivity index (χ1) is 13.4. The summed E-state index contributed by atoms with van der Waals surface area (Å²) >= 11 is 0. The maximum absolute atomic E-state index is 9.59. The molecule has 0 amide bonds. The van der Waals surface area contributed by atoms with Gasteiger partial charge in [0, 0.05) is 31.5 Å². The van der Waals surface area contributed by atoms with E-state index in [-0.39, 0.29) is 43.0 Å². The van der Waals surface area contributed by atoms with Gasteiger partial charge in [-0.1, -0.05) is 26.0 Å². The van der Waals surface area contributed by atoms with Gasteiger partial charge >= 0.3 is 0 Å². The van der Waals surface area contributed by atoms with Gasteiger partial charge in [-0.2, -0.15) is 0 Å². The zero-order chi connectivity index (χ0) is 20.1. The molecule has 2 fully saturated rings. The fraction of sp³-hybridized carbons (Fsp3) is 0.909. The molecule has 0 aromatic heterocycles. The van der Waals surface area contributed by atoms with Crippen LogP contribution in [0.15, 0.2) is 12.2 Å². The Balaban J connectivity index is 1.69. The molecule has 1 aliphatic carbocycles. The molecule has 0 aromatic carbocycles. The van der Waals surface area contributed by atoms with Gasteiger partial charge in [0.2, 0.25) is 0 Å². The van der Waals surface area contributed by atoms with Crippen molar-refractivity contribution in [3.05, 3.63) is 12.2 Å². The Bertz CT molecular complexity index is 503. The van der Waals surface area contributed by atoms with Crippen LogP contribution in [0.25, 0.3) is 0 Å². The van der Waals surface area contributed by atoms with Crippen molar-refractivity contribution in [3.8, 4) is 0 Å². The molecule has 3 aliphatic rings. The van der Waals surface area contributed by atoms with E-state index in [1.807, 2.05) is 0 Å². The number of hydrogen-bond acceptors (Lipinski definition) is 5. The first kappa shape index (κ1) is 22.4. The number of fused-ring (bicyclic) bond motifs is 1. The molecular weight excluding hydrogens is 372 g/mol. The third-order valence-corrected chi connectivity index (χ3v) is 8.97. The minimum absolute atomic E-state index is 0.0698. The predicted octanol–water partition coefficient (Wildman–Crippen LogP) is 4.12. The molecule has 1 N–H and O–H groups in total. The number of rotatable bonds is 8. The van der Waals surface area contributed by atoms with Crippen molar-refractivity contribution in [1.29, 1.82) is 0 Å². The fourth-order valence-corrected chi connectivity index (χ4v) is 7.79. The highest BCUT2D eigenvalue weighted by molar-refractivity contribution is 6.71. The van der Waals surface area contributed by atoms with Crippen LogP contribution in [-0.4, -0.2) is 57.8 Å². The van der Waals surface area contributed by atoms with E-state index in [9.17, 15) is 5.11 Å². The molecule has 6 atom stereocenters. The van der Waals surface area contributed by atoms with E-state index < -0.39 is 8.32 Å². The van der Waals surface area contributed by atoms with E-state index in [1.165, 1.54) is 12.5 Å². The minimum atomic E-state index is -1.70. The summed E-state index contributed by atoms with van der Waals surface area (Å²) in [6, 6.07) is 1.17. The molecule has 1 saturated heterocycles. The number of aliphatic hydroxyl groups is 1. The topological polar surface area (TPSA) is 57.2 Å². The molecule has 0 bridgehead atoms. The lowest BCUT2D eigenvalue weighted by Crippen LogP contribution is -2.38. The molecule has 0 aromatic rings. The zero-order valence-corrected chi connectivity index (χ0v) is 19.1. The van der Waals surface area contributed by atoms with Crippen molar-refractivity contribution >= 4 is 8.32 Å². The molecule has 5 nitrogen and oxygen atoms in total. The van der Waals surface area contributed by atoms with Crippen molar-refractivity contribution in [2.75, 3.05) is 19.8 Å². The van der Waals surface area contributed by atoms with E-state index in [1.54, 1.807) is 0 Å². The minimum Gasteiger partial charge on any atom is -0.417 e. The smallest absolute Gasteiger partial charge is 0.186 e. The summed E-state index contributed by atoms with van der Waals surface area (Å²) in [5.41, 5.74) is 0. The largest absolute Gasteiger partial charge is 0.417 e.